The molecule has 2 aromatic rings. The Morgan fingerprint density at radius 2 is 1.93 bits per heavy atom. The van der Waals surface area contributed by atoms with Crippen LogP contribution < -0.4 is 10.6 Å². The molecule has 2 N–H and O–H groups in total. The third kappa shape index (κ3) is 4.92. The molecule has 144 valence electrons. The maximum atomic E-state index is 13.7. The molecule has 1 saturated heterocycles. The van der Waals surface area contributed by atoms with E-state index in [4.69, 9.17) is 4.74 Å². The summed E-state index contributed by atoms with van der Waals surface area (Å²) in [5.74, 6) is -4.80. The lowest BCUT2D eigenvalue weighted by Crippen LogP contribution is -2.39. The van der Waals surface area contributed by atoms with E-state index in [1.807, 2.05) is 0 Å². The number of ether oxygens (including phenoxy) is 1. The lowest BCUT2D eigenvalue weighted by molar-refractivity contribution is 0.0398. The van der Waals surface area contributed by atoms with Crippen LogP contribution in [0.15, 0.2) is 24.5 Å². The number of rotatable bonds is 6. The summed E-state index contributed by atoms with van der Waals surface area (Å²) in [4.78, 5) is 22.3. The van der Waals surface area contributed by atoms with E-state index in [0.29, 0.717) is 25.6 Å². The quantitative estimate of drug-likeness (QED) is 0.744. The van der Waals surface area contributed by atoms with Gasteiger partial charge in [-0.25, -0.2) is 23.1 Å². The van der Waals surface area contributed by atoms with E-state index >= 15 is 0 Å². The van der Waals surface area contributed by atoms with Gasteiger partial charge < -0.3 is 15.4 Å². The molecule has 1 fully saturated rings. The monoisotopic (exact) mass is 381 g/mol. The Kier molecular flexibility index (Phi) is 6.20. The van der Waals surface area contributed by atoms with Crippen LogP contribution in [0.25, 0.3) is 0 Å². The summed E-state index contributed by atoms with van der Waals surface area (Å²) < 4.78 is 45.2. The SMILES string of the molecule is O=C(Nc1ccc(F)c(F)c1F)c1cc(NCCN2CCOCC2)ncn1. The summed E-state index contributed by atoms with van der Waals surface area (Å²) in [6, 6.07) is 3.06. The van der Waals surface area contributed by atoms with Crippen molar-refractivity contribution in [2.75, 3.05) is 50.0 Å². The van der Waals surface area contributed by atoms with Gasteiger partial charge in [-0.3, -0.25) is 9.69 Å². The van der Waals surface area contributed by atoms with Gasteiger partial charge in [-0.2, -0.15) is 0 Å². The van der Waals surface area contributed by atoms with Gasteiger partial charge in [-0.15, -0.1) is 0 Å². The first-order valence-corrected chi connectivity index (χ1v) is 8.35. The van der Waals surface area contributed by atoms with E-state index < -0.39 is 29.0 Å². The highest BCUT2D eigenvalue weighted by Crippen LogP contribution is 2.20. The molecule has 0 atom stereocenters. The third-order valence-corrected chi connectivity index (χ3v) is 4.02. The van der Waals surface area contributed by atoms with Crippen LogP contribution in [0.4, 0.5) is 24.7 Å². The van der Waals surface area contributed by atoms with Crippen molar-refractivity contribution in [3.63, 3.8) is 0 Å². The predicted octanol–water partition coefficient (Wildman–Crippen LogP) is 1.89. The summed E-state index contributed by atoms with van der Waals surface area (Å²) in [5, 5.41) is 5.25. The molecule has 1 aliphatic heterocycles. The van der Waals surface area contributed by atoms with E-state index in [1.54, 1.807) is 0 Å². The zero-order chi connectivity index (χ0) is 19.2. The maximum Gasteiger partial charge on any atom is 0.274 e. The number of carbonyl (C=O) groups is 1. The molecule has 0 spiro atoms. The fourth-order valence-electron chi connectivity index (χ4n) is 2.55. The number of aromatic nitrogens is 2. The van der Waals surface area contributed by atoms with Crippen LogP contribution in [0.5, 0.6) is 0 Å². The number of nitrogens with zero attached hydrogens (tertiary/aromatic N) is 3. The van der Waals surface area contributed by atoms with Crippen molar-refractivity contribution in [1.82, 2.24) is 14.9 Å². The van der Waals surface area contributed by atoms with Gasteiger partial charge in [0, 0.05) is 32.2 Å². The highest BCUT2D eigenvalue weighted by Gasteiger charge is 2.17. The highest BCUT2D eigenvalue weighted by atomic mass is 19.2. The Balaban J connectivity index is 1.59. The molecule has 2 heterocycles. The average Bonchev–Trinajstić information content (AvgIpc) is 2.69. The molecular formula is C17H18F3N5O2. The summed E-state index contributed by atoms with van der Waals surface area (Å²) >= 11 is 0. The molecule has 0 bridgehead atoms. The van der Waals surface area contributed by atoms with Gasteiger partial charge in [0.2, 0.25) is 0 Å². The molecule has 0 aliphatic carbocycles. The van der Waals surface area contributed by atoms with Crippen molar-refractivity contribution in [3.05, 3.63) is 47.7 Å². The molecule has 0 saturated carbocycles. The van der Waals surface area contributed by atoms with Crippen LogP contribution in [-0.4, -0.2) is 60.2 Å². The van der Waals surface area contributed by atoms with Gasteiger partial charge in [0.25, 0.3) is 5.91 Å². The first-order chi connectivity index (χ1) is 13.0. The van der Waals surface area contributed by atoms with Crippen LogP contribution >= 0.6 is 0 Å². The molecule has 10 heteroatoms. The molecule has 0 unspecified atom stereocenters. The molecule has 7 nitrogen and oxygen atoms in total. The molecule has 1 aliphatic rings. The van der Waals surface area contributed by atoms with Crippen LogP contribution in [0, 0.1) is 17.5 Å². The average molecular weight is 381 g/mol. The van der Waals surface area contributed by atoms with Gasteiger partial charge in [-0.05, 0) is 12.1 Å². The Morgan fingerprint density at radius 1 is 1.15 bits per heavy atom. The van der Waals surface area contributed by atoms with E-state index in [2.05, 4.69) is 25.5 Å². The molecular weight excluding hydrogens is 363 g/mol. The number of anilines is 2. The van der Waals surface area contributed by atoms with Crippen LogP contribution in [0.2, 0.25) is 0 Å². The minimum atomic E-state index is -1.65. The predicted molar refractivity (Wildman–Crippen MR) is 92.0 cm³/mol. The Labute approximate surface area is 153 Å². The number of halogens is 3. The standard InChI is InChI=1S/C17H18F3N5O2/c18-11-1-2-12(16(20)15(11)19)24-17(26)13-9-14(23-10-22-13)21-3-4-25-5-7-27-8-6-25/h1-2,9-10H,3-8H2,(H,24,26)(H,21,22,23). The lowest BCUT2D eigenvalue weighted by Gasteiger charge is -2.26. The topological polar surface area (TPSA) is 79.4 Å². The summed E-state index contributed by atoms with van der Waals surface area (Å²) in [6.45, 7) is 4.53. The second-order valence-electron chi connectivity index (χ2n) is 5.85. The Morgan fingerprint density at radius 3 is 2.70 bits per heavy atom. The van der Waals surface area contributed by atoms with Crippen LogP contribution in [-0.2, 0) is 4.74 Å². The van der Waals surface area contributed by atoms with Gasteiger partial charge in [0.1, 0.15) is 17.8 Å². The Bertz CT molecular complexity index is 815. The summed E-state index contributed by atoms with van der Waals surface area (Å²) in [6.07, 6.45) is 1.19. The second-order valence-corrected chi connectivity index (χ2v) is 5.85. The lowest BCUT2D eigenvalue weighted by atomic mass is 10.2. The molecule has 1 aromatic heterocycles. The molecule has 1 amide bonds. The molecule has 3 rings (SSSR count). The molecule has 0 radical (unpaired) electrons. The summed E-state index contributed by atoms with van der Waals surface area (Å²) in [7, 11) is 0. The zero-order valence-corrected chi connectivity index (χ0v) is 14.3. The number of morpholine rings is 1. The number of nitrogens with one attached hydrogen (secondary N) is 2. The largest absolute Gasteiger partial charge is 0.379 e. The number of benzene rings is 1. The van der Waals surface area contributed by atoms with Gasteiger partial charge >= 0.3 is 0 Å². The first kappa shape index (κ1) is 19.1. The van der Waals surface area contributed by atoms with Gasteiger partial charge in [-0.1, -0.05) is 0 Å². The first-order valence-electron chi connectivity index (χ1n) is 8.35. The normalized spacial score (nSPS) is 14.8. The fourth-order valence-corrected chi connectivity index (χ4v) is 2.55. The second kappa shape index (κ2) is 8.78. The number of hydrogen-bond acceptors (Lipinski definition) is 6. The highest BCUT2D eigenvalue weighted by molar-refractivity contribution is 6.03. The Hall–Kier alpha value is -2.72. The minimum Gasteiger partial charge on any atom is -0.379 e. The number of amides is 1. The van der Waals surface area contributed by atoms with E-state index in [9.17, 15) is 18.0 Å². The van der Waals surface area contributed by atoms with E-state index in [-0.39, 0.29) is 5.69 Å². The van der Waals surface area contributed by atoms with Crippen molar-refractivity contribution >= 4 is 17.4 Å². The smallest absolute Gasteiger partial charge is 0.274 e. The maximum absolute atomic E-state index is 13.7. The summed E-state index contributed by atoms with van der Waals surface area (Å²) in [5.41, 5.74) is -0.512. The van der Waals surface area contributed by atoms with Crippen molar-refractivity contribution in [3.8, 4) is 0 Å². The minimum absolute atomic E-state index is 0.0389. The zero-order valence-electron chi connectivity index (χ0n) is 14.3. The van der Waals surface area contributed by atoms with Gasteiger partial charge in [0.15, 0.2) is 17.5 Å². The molecule has 27 heavy (non-hydrogen) atoms. The van der Waals surface area contributed by atoms with Crippen LogP contribution in [0.1, 0.15) is 10.5 Å². The van der Waals surface area contributed by atoms with Crippen molar-refractivity contribution in [2.24, 2.45) is 0 Å². The van der Waals surface area contributed by atoms with E-state index in [1.165, 1.54) is 12.4 Å². The van der Waals surface area contributed by atoms with Crippen molar-refractivity contribution in [1.29, 1.82) is 0 Å². The molecule has 1 aromatic carbocycles. The fraction of sp³-hybridized carbons (Fsp3) is 0.353. The van der Waals surface area contributed by atoms with Crippen molar-refractivity contribution in [2.45, 2.75) is 0 Å². The van der Waals surface area contributed by atoms with E-state index in [0.717, 1.165) is 31.8 Å². The van der Waals surface area contributed by atoms with Crippen molar-refractivity contribution < 1.29 is 22.7 Å². The number of hydrogen-bond donors (Lipinski definition) is 2. The van der Waals surface area contributed by atoms with Crippen LogP contribution in [0.3, 0.4) is 0 Å². The third-order valence-electron chi connectivity index (χ3n) is 4.02. The number of carbonyl (C=O) groups excluding carboxylic acids is 1. The van der Waals surface area contributed by atoms with Gasteiger partial charge in [0.05, 0.1) is 18.9 Å².